The van der Waals surface area contributed by atoms with Gasteiger partial charge in [0.2, 0.25) is 0 Å². The maximum absolute atomic E-state index is 4.23. The maximum atomic E-state index is 4.23. The maximum Gasteiger partial charge on any atom is 0.191 e. The summed E-state index contributed by atoms with van der Waals surface area (Å²) in [7, 11) is 1.80. The van der Waals surface area contributed by atoms with Gasteiger partial charge in [-0.15, -0.1) is 35.3 Å². The van der Waals surface area contributed by atoms with Crippen molar-refractivity contribution >= 4 is 41.3 Å². The Kier molecular flexibility index (Phi) is 6.62. The molecule has 0 fully saturated rings. The molecular weight excluding hydrogens is 359 g/mol. The third-order valence-corrected chi connectivity index (χ3v) is 3.77. The molecule has 0 aliphatic heterocycles. The van der Waals surface area contributed by atoms with Crippen LogP contribution in [0.15, 0.2) is 22.7 Å². The first-order valence-corrected chi connectivity index (χ1v) is 6.68. The van der Waals surface area contributed by atoms with Gasteiger partial charge in [-0.25, -0.2) is 4.98 Å². The minimum Gasteiger partial charge on any atom is -0.353 e. The second-order valence-corrected chi connectivity index (χ2v) is 5.01. The lowest BCUT2D eigenvalue weighted by molar-refractivity contribution is 0.633. The predicted molar refractivity (Wildman–Crippen MR) is 87.8 cm³/mol. The van der Waals surface area contributed by atoms with Crippen LogP contribution in [0.3, 0.4) is 0 Å². The molecule has 0 aromatic carbocycles. The molecule has 1 aliphatic carbocycles. The molecule has 1 heterocycles. The molecule has 2 rings (SSSR count). The van der Waals surface area contributed by atoms with E-state index in [0.717, 1.165) is 31.0 Å². The minimum atomic E-state index is 0. The Balaban J connectivity index is 0.00000162. The van der Waals surface area contributed by atoms with Crippen LogP contribution in [-0.4, -0.2) is 24.0 Å². The molecule has 0 bridgehead atoms. The fourth-order valence-electron chi connectivity index (χ4n) is 1.78. The van der Waals surface area contributed by atoms with Crippen molar-refractivity contribution in [3.05, 3.63) is 28.2 Å². The first-order valence-electron chi connectivity index (χ1n) is 5.80. The third-order valence-electron chi connectivity index (χ3n) is 2.83. The Labute approximate surface area is 129 Å². The first kappa shape index (κ1) is 15.4. The van der Waals surface area contributed by atoms with Crippen molar-refractivity contribution in [2.75, 3.05) is 7.05 Å². The topological polar surface area (TPSA) is 49.3 Å². The van der Waals surface area contributed by atoms with E-state index in [0.29, 0.717) is 6.04 Å². The average Bonchev–Trinajstić information content (AvgIpc) is 2.96. The Morgan fingerprint density at radius 2 is 2.22 bits per heavy atom. The van der Waals surface area contributed by atoms with E-state index in [1.54, 1.807) is 18.4 Å². The highest BCUT2D eigenvalue weighted by Gasteiger charge is 2.11. The zero-order valence-corrected chi connectivity index (χ0v) is 13.8. The van der Waals surface area contributed by atoms with E-state index < -0.39 is 0 Å². The largest absolute Gasteiger partial charge is 0.353 e. The van der Waals surface area contributed by atoms with Crippen LogP contribution in [0.4, 0.5) is 0 Å². The van der Waals surface area contributed by atoms with E-state index >= 15 is 0 Å². The van der Waals surface area contributed by atoms with Crippen molar-refractivity contribution in [1.82, 2.24) is 15.6 Å². The molecule has 100 valence electrons. The summed E-state index contributed by atoms with van der Waals surface area (Å²) < 4.78 is 0. The molecule has 1 aromatic rings. The van der Waals surface area contributed by atoms with Crippen molar-refractivity contribution in [3.8, 4) is 0 Å². The highest BCUT2D eigenvalue weighted by molar-refractivity contribution is 14.0. The van der Waals surface area contributed by atoms with Gasteiger partial charge in [-0.05, 0) is 19.8 Å². The Morgan fingerprint density at radius 1 is 1.50 bits per heavy atom. The lowest BCUT2D eigenvalue weighted by Crippen LogP contribution is -2.42. The fraction of sp³-hybridized carbons (Fsp3) is 0.500. The Morgan fingerprint density at radius 3 is 2.78 bits per heavy atom. The number of guanidine groups is 1. The Hall–Kier alpha value is -0.630. The van der Waals surface area contributed by atoms with Gasteiger partial charge < -0.3 is 10.6 Å². The molecule has 0 unspecified atom stereocenters. The van der Waals surface area contributed by atoms with Gasteiger partial charge in [0.25, 0.3) is 0 Å². The fourth-order valence-corrected chi connectivity index (χ4v) is 2.50. The molecule has 1 aromatic heterocycles. The molecule has 0 radical (unpaired) electrons. The SMILES string of the molecule is CN=C(NCc1scnc1C)NC1CC=CC1.I. The van der Waals surface area contributed by atoms with E-state index in [-0.39, 0.29) is 24.0 Å². The van der Waals surface area contributed by atoms with Crippen molar-refractivity contribution in [1.29, 1.82) is 0 Å². The molecule has 0 spiro atoms. The van der Waals surface area contributed by atoms with Crippen molar-refractivity contribution in [2.45, 2.75) is 32.4 Å². The van der Waals surface area contributed by atoms with Crippen LogP contribution >= 0.6 is 35.3 Å². The minimum absolute atomic E-state index is 0. The normalized spacial score (nSPS) is 15.6. The van der Waals surface area contributed by atoms with Crippen LogP contribution < -0.4 is 10.6 Å². The molecule has 18 heavy (non-hydrogen) atoms. The van der Waals surface area contributed by atoms with Gasteiger partial charge in [0.15, 0.2) is 5.96 Å². The first-order chi connectivity index (χ1) is 8.29. The smallest absolute Gasteiger partial charge is 0.191 e. The molecule has 0 amide bonds. The molecular formula is C12H19IN4S. The molecule has 1 aliphatic rings. The van der Waals surface area contributed by atoms with Crippen molar-refractivity contribution < 1.29 is 0 Å². The van der Waals surface area contributed by atoms with Crippen LogP contribution in [0.5, 0.6) is 0 Å². The van der Waals surface area contributed by atoms with Crippen molar-refractivity contribution in [3.63, 3.8) is 0 Å². The summed E-state index contributed by atoms with van der Waals surface area (Å²) in [5.74, 6) is 0.867. The van der Waals surface area contributed by atoms with Gasteiger partial charge in [-0.1, -0.05) is 12.2 Å². The molecule has 4 nitrogen and oxygen atoms in total. The molecule has 6 heteroatoms. The third kappa shape index (κ3) is 4.24. The number of nitrogens with zero attached hydrogens (tertiary/aromatic N) is 2. The summed E-state index contributed by atoms with van der Waals surface area (Å²) >= 11 is 1.68. The van der Waals surface area contributed by atoms with E-state index in [1.165, 1.54) is 4.88 Å². The quantitative estimate of drug-likeness (QED) is 0.368. The van der Waals surface area contributed by atoms with Crippen LogP contribution in [0, 0.1) is 6.92 Å². The van der Waals surface area contributed by atoms with E-state index in [4.69, 9.17) is 0 Å². The van der Waals surface area contributed by atoms with Gasteiger partial charge in [-0.2, -0.15) is 0 Å². The molecule has 2 N–H and O–H groups in total. The second kappa shape index (κ2) is 7.73. The summed E-state index contributed by atoms with van der Waals surface area (Å²) in [6.45, 7) is 2.82. The highest BCUT2D eigenvalue weighted by Crippen LogP contribution is 2.11. The van der Waals surface area contributed by atoms with Gasteiger partial charge in [0, 0.05) is 18.0 Å². The number of hydrogen-bond donors (Lipinski definition) is 2. The summed E-state index contributed by atoms with van der Waals surface area (Å²) in [4.78, 5) is 9.72. The van der Waals surface area contributed by atoms with Crippen LogP contribution in [0.2, 0.25) is 0 Å². The van der Waals surface area contributed by atoms with E-state index in [2.05, 4.69) is 32.8 Å². The number of aromatic nitrogens is 1. The number of halogens is 1. The van der Waals surface area contributed by atoms with E-state index in [1.807, 2.05) is 12.4 Å². The second-order valence-electron chi connectivity index (χ2n) is 4.07. The summed E-state index contributed by atoms with van der Waals surface area (Å²) in [6, 6.07) is 0.490. The zero-order chi connectivity index (χ0) is 12.1. The predicted octanol–water partition coefficient (Wildman–Crippen LogP) is 2.45. The lowest BCUT2D eigenvalue weighted by Gasteiger charge is -2.16. The molecule has 0 saturated heterocycles. The summed E-state index contributed by atoms with van der Waals surface area (Å²) in [6.07, 6.45) is 6.58. The van der Waals surface area contributed by atoms with Gasteiger partial charge in [0.1, 0.15) is 0 Å². The zero-order valence-electron chi connectivity index (χ0n) is 10.6. The summed E-state index contributed by atoms with van der Waals surface area (Å²) in [5, 5.41) is 6.73. The van der Waals surface area contributed by atoms with Gasteiger partial charge in [0.05, 0.1) is 17.7 Å². The number of aryl methyl sites for hydroxylation is 1. The highest BCUT2D eigenvalue weighted by atomic mass is 127. The Bertz CT molecular complexity index is 419. The number of rotatable bonds is 3. The number of aliphatic imine (C=N–C) groups is 1. The van der Waals surface area contributed by atoms with Gasteiger partial charge >= 0.3 is 0 Å². The van der Waals surface area contributed by atoms with Crippen LogP contribution in [0.25, 0.3) is 0 Å². The molecule has 0 saturated carbocycles. The number of nitrogens with one attached hydrogen (secondary N) is 2. The standard InChI is InChI=1S/C12H18N4S.HI/c1-9-11(17-8-15-9)7-14-12(13-2)16-10-5-3-4-6-10;/h3-4,8,10H,5-7H2,1-2H3,(H2,13,14,16);1H. The van der Waals surface area contributed by atoms with E-state index in [9.17, 15) is 0 Å². The average molecular weight is 378 g/mol. The lowest BCUT2D eigenvalue weighted by atomic mass is 10.2. The number of hydrogen-bond acceptors (Lipinski definition) is 3. The summed E-state index contributed by atoms with van der Waals surface area (Å²) in [5.41, 5.74) is 2.98. The van der Waals surface area contributed by atoms with Gasteiger partial charge in [-0.3, -0.25) is 4.99 Å². The number of thiazole rings is 1. The van der Waals surface area contributed by atoms with Crippen LogP contribution in [-0.2, 0) is 6.54 Å². The van der Waals surface area contributed by atoms with Crippen LogP contribution in [0.1, 0.15) is 23.4 Å². The van der Waals surface area contributed by atoms with Crippen molar-refractivity contribution in [2.24, 2.45) is 4.99 Å². The molecule has 0 atom stereocenters. The monoisotopic (exact) mass is 378 g/mol.